The van der Waals surface area contributed by atoms with Crippen LogP contribution in [-0.2, 0) is 13.0 Å². The number of benzene rings is 2. The fraction of sp³-hybridized carbons (Fsp3) is 0.480. The highest BCUT2D eigenvalue weighted by atomic mass is 127. The largest absolute Gasteiger partial charge is 0.508 e. The van der Waals surface area contributed by atoms with E-state index in [1.54, 1.807) is 24.3 Å². The van der Waals surface area contributed by atoms with Crippen molar-refractivity contribution in [1.29, 1.82) is 0 Å². The zero-order valence-electron chi connectivity index (χ0n) is 19.5. The molecule has 33 heavy (non-hydrogen) atoms. The van der Waals surface area contributed by atoms with Gasteiger partial charge in [-0.25, -0.2) is 4.39 Å². The Balaban J connectivity index is 0.00000385. The first-order valence-corrected chi connectivity index (χ1v) is 11.4. The highest BCUT2D eigenvalue weighted by Gasteiger charge is 2.20. The van der Waals surface area contributed by atoms with E-state index in [1.807, 2.05) is 18.2 Å². The number of ether oxygens (including phenoxy) is 1. The number of hydrogen-bond acceptors (Lipinski definition) is 4. The van der Waals surface area contributed by atoms with E-state index in [0.717, 1.165) is 69.9 Å². The third-order valence-corrected chi connectivity index (χ3v) is 5.72. The Kier molecular flexibility index (Phi) is 11.7. The maximum absolute atomic E-state index is 13.9. The van der Waals surface area contributed by atoms with Crippen molar-refractivity contribution < 1.29 is 14.2 Å². The number of likely N-dealkylation sites (tertiary alicyclic amines) is 1. The maximum atomic E-state index is 13.9. The molecule has 0 amide bonds. The Morgan fingerprint density at radius 2 is 1.85 bits per heavy atom. The zero-order valence-corrected chi connectivity index (χ0v) is 21.8. The Morgan fingerprint density at radius 3 is 2.48 bits per heavy atom. The van der Waals surface area contributed by atoms with Gasteiger partial charge in [-0.2, -0.15) is 0 Å². The van der Waals surface area contributed by atoms with Crippen molar-refractivity contribution in [3.8, 4) is 11.5 Å². The Morgan fingerprint density at radius 1 is 1.15 bits per heavy atom. The average molecular weight is 570 g/mol. The van der Waals surface area contributed by atoms with Crippen LogP contribution in [0.1, 0.15) is 37.3 Å². The minimum atomic E-state index is -0.307. The summed E-state index contributed by atoms with van der Waals surface area (Å²) < 4.78 is 18.9. The van der Waals surface area contributed by atoms with Gasteiger partial charge >= 0.3 is 0 Å². The highest BCUT2D eigenvalue weighted by molar-refractivity contribution is 14.0. The van der Waals surface area contributed by atoms with Gasteiger partial charge in [0.05, 0.1) is 7.11 Å². The number of rotatable bonds is 9. The fourth-order valence-corrected chi connectivity index (χ4v) is 3.95. The quantitative estimate of drug-likeness (QED) is 0.182. The minimum absolute atomic E-state index is 0. The number of methoxy groups -OCH3 is 1. The second-order valence-electron chi connectivity index (χ2n) is 8.19. The lowest BCUT2D eigenvalue weighted by Gasteiger charge is -2.33. The van der Waals surface area contributed by atoms with Gasteiger partial charge < -0.3 is 20.5 Å². The van der Waals surface area contributed by atoms with Gasteiger partial charge in [0.2, 0.25) is 0 Å². The molecule has 6 nitrogen and oxygen atoms in total. The van der Waals surface area contributed by atoms with Gasteiger partial charge in [0.15, 0.2) is 17.5 Å². The molecule has 0 spiro atoms. The molecule has 1 aliphatic rings. The van der Waals surface area contributed by atoms with Gasteiger partial charge in [-0.1, -0.05) is 18.2 Å². The van der Waals surface area contributed by atoms with E-state index >= 15 is 0 Å². The molecule has 8 heteroatoms. The Hall–Kier alpha value is -2.07. The number of aryl methyl sites for hydroxylation is 1. The van der Waals surface area contributed by atoms with E-state index < -0.39 is 0 Å². The van der Waals surface area contributed by atoms with Crippen LogP contribution in [0.2, 0.25) is 0 Å². The van der Waals surface area contributed by atoms with Crippen LogP contribution in [0.25, 0.3) is 0 Å². The first-order valence-electron chi connectivity index (χ1n) is 11.4. The van der Waals surface area contributed by atoms with Crippen LogP contribution < -0.4 is 15.4 Å². The van der Waals surface area contributed by atoms with Gasteiger partial charge in [0.25, 0.3) is 0 Å². The first kappa shape index (κ1) is 27.2. The number of hydrogen-bond donors (Lipinski definition) is 3. The zero-order chi connectivity index (χ0) is 22.8. The predicted molar refractivity (Wildman–Crippen MR) is 142 cm³/mol. The number of aromatic hydroxyl groups is 1. The monoisotopic (exact) mass is 570 g/mol. The number of halogens is 2. The lowest BCUT2D eigenvalue weighted by atomic mass is 10.0. The normalized spacial score (nSPS) is 15.1. The molecule has 0 bridgehead atoms. The number of aliphatic imine (C=N–C) groups is 1. The number of nitrogens with zero attached hydrogens (tertiary/aromatic N) is 2. The van der Waals surface area contributed by atoms with Crippen molar-refractivity contribution in [3.05, 3.63) is 59.4 Å². The fourth-order valence-electron chi connectivity index (χ4n) is 3.95. The van der Waals surface area contributed by atoms with E-state index in [1.165, 1.54) is 12.7 Å². The molecule has 0 unspecified atom stereocenters. The molecule has 0 radical (unpaired) electrons. The molecular weight excluding hydrogens is 534 g/mol. The van der Waals surface area contributed by atoms with Crippen LogP contribution >= 0.6 is 24.0 Å². The van der Waals surface area contributed by atoms with Crippen molar-refractivity contribution in [2.24, 2.45) is 4.99 Å². The van der Waals surface area contributed by atoms with Crippen LogP contribution in [0.4, 0.5) is 4.39 Å². The number of nitrogens with one attached hydrogen (secondary N) is 2. The molecule has 1 aliphatic heterocycles. The summed E-state index contributed by atoms with van der Waals surface area (Å²) in [6.45, 7) is 6.32. The third kappa shape index (κ3) is 9.00. The summed E-state index contributed by atoms with van der Waals surface area (Å²) in [4.78, 5) is 7.09. The standard InChI is InChI=1S/C25H35FN4O2.HI/c1-3-27-25(28-14-4-5-19-6-9-22(31)10-7-19)29-21-12-15-30(16-13-21)18-20-8-11-24(32-2)23(26)17-20;/h6-11,17,21,31H,3-5,12-16,18H2,1-2H3,(H2,27,28,29);1H. The van der Waals surface area contributed by atoms with Crippen LogP contribution in [0.15, 0.2) is 47.5 Å². The molecule has 1 heterocycles. The minimum Gasteiger partial charge on any atom is -0.508 e. The van der Waals surface area contributed by atoms with Crippen LogP contribution in [0.5, 0.6) is 11.5 Å². The summed E-state index contributed by atoms with van der Waals surface area (Å²) in [7, 11) is 1.48. The molecule has 3 rings (SSSR count). The maximum Gasteiger partial charge on any atom is 0.191 e. The summed E-state index contributed by atoms with van der Waals surface area (Å²) >= 11 is 0. The molecule has 0 atom stereocenters. The van der Waals surface area contributed by atoms with E-state index in [0.29, 0.717) is 11.8 Å². The van der Waals surface area contributed by atoms with Crippen molar-refractivity contribution in [2.75, 3.05) is 33.3 Å². The van der Waals surface area contributed by atoms with Crippen LogP contribution in [0.3, 0.4) is 0 Å². The van der Waals surface area contributed by atoms with E-state index in [9.17, 15) is 9.50 Å². The smallest absolute Gasteiger partial charge is 0.191 e. The number of piperidine rings is 1. The van der Waals surface area contributed by atoms with Gasteiger partial charge in [0.1, 0.15) is 5.75 Å². The van der Waals surface area contributed by atoms with Crippen molar-refractivity contribution in [2.45, 2.75) is 45.2 Å². The van der Waals surface area contributed by atoms with Crippen LogP contribution in [0, 0.1) is 5.82 Å². The molecule has 1 fully saturated rings. The van der Waals surface area contributed by atoms with E-state index in [2.05, 4.69) is 22.5 Å². The third-order valence-electron chi connectivity index (χ3n) is 5.72. The van der Waals surface area contributed by atoms with Gasteiger partial charge in [-0.05, 0) is 68.0 Å². The summed E-state index contributed by atoms with van der Waals surface area (Å²) in [5.74, 6) is 1.15. The van der Waals surface area contributed by atoms with Crippen molar-refractivity contribution in [1.82, 2.24) is 15.5 Å². The van der Waals surface area contributed by atoms with Crippen LogP contribution in [-0.4, -0.2) is 55.3 Å². The molecule has 0 aromatic heterocycles. The number of guanidine groups is 1. The van der Waals surface area contributed by atoms with Crippen molar-refractivity contribution in [3.63, 3.8) is 0 Å². The lowest BCUT2D eigenvalue weighted by molar-refractivity contribution is 0.198. The summed E-state index contributed by atoms with van der Waals surface area (Å²) in [6, 6.07) is 12.9. The van der Waals surface area contributed by atoms with E-state index in [-0.39, 0.29) is 35.5 Å². The van der Waals surface area contributed by atoms with E-state index in [4.69, 9.17) is 9.73 Å². The second-order valence-corrected chi connectivity index (χ2v) is 8.19. The highest BCUT2D eigenvalue weighted by Crippen LogP contribution is 2.20. The summed E-state index contributed by atoms with van der Waals surface area (Å²) in [5, 5.41) is 16.3. The topological polar surface area (TPSA) is 69.1 Å². The first-order chi connectivity index (χ1) is 15.6. The molecule has 3 N–H and O–H groups in total. The molecular formula is C25H36FIN4O2. The van der Waals surface area contributed by atoms with Crippen molar-refractivity contribution >= 4 is 29.9 Å². The summed E-state index contributed by atoms with van der Waals surface area (Å²) in [5.41, 5.74) is 2.18. The van der Waals surface area contributed by atoms with Gasteiger partial charge in [-0.3, -0.25) is 9.89 Å². The molecule has 182 valence electrons. The molecule has 2 aromatic carbocycles. The Labute approximate surface area is 213 Å². The molecule has 1 saturated heterocycles. The van der Waals surface area contributed by atoms with Gasteiger partial charge in [0, 0.05) is 38.8 Å². The van der Waals surface area contributed by atoms with Gasteiger partial charge in [-0.15, -0.1) is 24.0 Å². The number of phenols is 1. The summed E-state index contributed by atoms with van der Waals surface area (Å²) in [6.07, 6.45) is 3.94. The molecule has 2 aromatic rings. The average Bonchev–Trinajstić information content (AvgIpc) is 2.79. The lowest BCUT2D eigenvalue weighted by Crippen LogP contribution is -2.48. The number of phenolic OH excluding ortho intramolecular Hbond substituents is 1. The molecule has 0 aliphatic carbocycles. The second kappa shape index (κ2) is 14.2. The SMILES string of the molecule is CCNC(=NCCCc1ccc(O)cc1)NC1CCN(Cc2ccc(OC)c(F)c2)CC1.I. The molecule has 0 saturated carbocycles. The Bertz CT molecular complexity index is 871. The predicted octanol–water partition coefficient (Wildman–Crippen LogP) is 4.31.